The first kappa shape index (κ1) is 10.9. The first-order chi connectivity index (χ1) is 5.28. The molecule has 0 saturated carbocycles. The number of carbonyl (C=O) groups is 2. The average molecular weight is 170 g/mol. The number of aliphatic carboxylic acids is 1. The summed E-state index contributed by atoms with van der Waals surface area (Å²) in [4.78, 5) is 21.3. The molecule has 0 aromatic carbocycles. The molecule has 0 atom stereocenters. The Hall–Kier alpha value is -1.12. The van der Waals surface area contributed by atoms with Crippen LogP contribution in [0.3, 0.4) is 0 Å². The van der Waals surface area contributed by atoms with E-state index in [0.717, 1.165) is 6.08 Å². The lowest BCUT2D eigenvalue weighted by atomic mass is 9.81. The predicted molar refractivity (Wildman–Crippen MR) is 45.9 cm³/mol. The van der Waals surface area contributed by atoms with Gasteiger partial charge >= 0.3 is 5.97 Å². The molecule has 0 bridgehead atoms. The fraction of sp³-hybridized carbons (Fsp3) is 0.556. The zero-order valence-corrected chi connectivity index (χ0v) is 7.84. The Morgan fingerprint density at radius 2 is 1.67 bits per heavy atom. The zero-order valence-electron chi connectivity index (χ0n) is 7.84. The fourth-order valence-electron chi connectivity index (χ4n) is 0.643. The highest BCUT2D eigenvalue weighted by atomic mass is 16.4. The molecule has 0 spiro atoms. The van der Waals surface area contributed by atoms with Gasteiger partial charge in [0.15, 0.2) is 0 Å². The summed E-state index contributed by atoms with van der Waals surface area (Å²) in [5.41, 5.74) is -0.0965. The Kier molecular flexibility index (Phi) is 3.19. The van der Waals surface area contributed by atoms with Crippen molar-refractivity contribution in [3.63, 3.8) is 0 Å². The molecule has 12 heavy (non-hydrogen) atoms. The topological polar surface area (TPSA) is 54.4 Å². The number of hydrogen-bond acceptors (Lipinski definition) is 2. The summed E-state index contributed by atoms with van der Waals surface area (Å²) >= 11 is 0. The van der Waals surface area contributed by atoms with Gasteiger partial charge in [-0.25, -0.2) is 4.79 Å². The van der Waals surface area contributed by atoms with Crippen molar-refractivity contribution in [1.82, 2.24) is 0 Å². The van der Waals surface area contributed by atoms with Crippen molar-refractivity contribution in [2.45, 2.75) is 27.7 Å². The molecule has 3 heteroatoms. The summed E-state index contributed by atoms with van der Waals surface area (Å²) in [5, 5.41) is 8.44. The third kappa shape index (κ3) is 2.49. The lowest BCUT2D eigenvalue weighted by molar-refractivity contribution is -0.131. The van der Waals surface area contributed by atoms with Crippen LogP contribution < -0.4 is 0 Å². The van der Waals surface area contributed by atoms with E-state index in [2.05, 4.69) is 0 Å². The Labute approximate surface area is 72.1 Å². The normalized spacial score (nSPS) is 12.8. The van der Waals surface area contributed by atoms with Gasteiger partial charge in [0.25, 0.3) is 0 Å². The van der Waals surface area contributed by atoms with Gasteiger partial charge in [0.2, 0.25) is 0 Å². The van der Waals surface area contributed by atoms with Gasteiger partial charge in [0.1, 0.15) is 5.78 Å². The summed E-state index contributed by atoms with van der Waals surface area (Å²) in [5.74, 6) is -1.04. The number of rotatable bonds is 3. The monoisotopic (exact) mass is 170 g/mol. The maximum atomic E-state index is 11.1. The third-order valence-corrected chi connectivity index (χ3v) is 2.21. The van der Waals surface area contributed by atoms with Gasteiger partial charge < -0.3 is 5.11 Å². The summed E-state index contributed by atoms with van der Waals surface area (Å²) in [6.07, 6.45) is 1.07. The molecule has 0 aliphatic carbocycles. The van der Waals surface area contributed by atoms with Crippen molar-refractivity contribution in [2.75, 3.05) is 0 Å². The molecule has 0 aromatic heterocycles. The quantitative estimate of drug-likeness (QED) is 0.655. The summed E-state index contributed by atoms with van der Waals surface area (Å²) < 4.78 is 0. The van der Waals surface area contributed by atoms with Crippen LogP contribution in [-0.2, 0) is 9.59 Å². The molecule has 0 aliphatic heterocycles. The molecule has 0 heterocycles. The predicted octanol–water partition coefficient (Wildman–Crippen LogP) is 1.63. The first-order valence-electron chi connectivity index (χ1n) is 3.71. The number of hydrogen-bond donors (Lipinski definition) is 1. The molecule has 0 unspecified atom stereocenters. The second kappa shape index (κ2) is 3.52. The largest absolute Gasteiger partial charge is 0.478 e. The first-order valence-corrected chi connectivity index (χ1v) is 3.71. The van der Waals surface area contributed by atoms with Crippen LogP contribution in [0.25, 0.3) is 0 Å². The van der Waals surface area contributed by atoms with Crippen LogP contribution in [0.15, 0.2) is 11.6 Å². The average Bonchev–Trinajstić information content (AvgIpc) is 1.85. The highest BCUT2D eigenvalue weighted by molar-refractivity contribution is 5.88. The van der Waals surface area contributed by atoms with E-state index in [1.807, 2.05) is 0 Å². The highest BCUT2D eigenvalue weighted by Crippen LogP contribution is 2.26. The third-order valence-electron chi connectivity index (χ3n) is 2.21. The van der Waals surface area contributed by atoms with E-state index in [1.54, 1.807) is 20.8 Å². The van der Waals surface area contributed by atoms with Crippen molar-refractivity contribution in [2.24, 2.45) is 5.41 Å². The molecule has 0 fully saturated rings. The van der Waals surface area contributed by atoms with Crippen molar-refractivity contribution in [3.05, 3.63) is 11.6 Å². The van der Waals surface area contributed by atoms with Gasteiger partial charge in [0.05, 0.1) is 0 Å². The number of carboxylic acids is 1. The molecule has 0 aromatic rings. The van der Waals surface area contributed by atoms with Crippen LogP contribution in [0.4, 0.5) is 0 Å². The van der Waals surface area contributed by atoms with E-state index in [9.17, 15) is 9.59 Å². The van der Waals surface area contributed by atoms with E-state index >= 15 is 0 Å². The van der Waals surface area contributed by atoms with Gasteiger partial charge in [-0.05, 0) is 27.7 Å². The SMILES string of the molecule is CC(=O)C(C)(C)/C(C)=C\C(=O)O. The Morgan fingerprint density at radius 3 is 1.92 bits per heavy atom. The van der Waals surface area contributed by atoms with Gasteiger partial charge in [0, 0.05) is 11.5 Å². The van der Waals surface area contributed by atoms with Crippen LogP contribution in [0.2, 0.25) is 0 Å². The second-order valence-electron chi connectivity index (χ2n) is 3.35. The Morgan fingerprint density at radius 1 is 1.25 bits per heavy atom. The van der Waals surface area contributed by atoms with Crippen LogP contribution in [0, 0.1) is 5.41 Å². The van der Waals surface area contributed by atoms with E-state index < -0.39 is 11.4 Å². The molecule has 0 rings (SSSR count). The van der Waals surface area contributed by atoms with E-state index in [1.165, 1.54) is 6.92 Å². The minimum absolute atomic E-state index is 0.0301. The molecule has 0 radical (unpaired) electrons. The lowest BCUT2D eigenvalue weighted by Crippen LogP contribution is -2.23. The smallest absolute Gasteiger partial charge is 0.328 e. The van der Waals surface area contributed by atoms with Crippen LogP contribution in [-0.4, -0.2) is 16.9 Å². The maximum absolute atomic E-state index is 11.1. The van der Waals surface area contributed by atoms with Gasteiger partial charge in [-0.3, -0.25) is 4.79 Å². The van der Waals surface area contributed by atoms with E-state index in [0.29, 0.717) is 5.57 Å². The summed E-state index contributed by atoms with van der Waals surface area (Å²) in [7, 11) is 0. The number of carbonyl (C=O) groups excluding carboxylic acids is 1. The van der Waals surface area contributed by atoms with E-state index in [4.69, 9.17) is 5.11 Å². The minimum Gasteiger partial charge on any atom is -0.478 e. The van der Waals surface area contributed by atoms with Crippen LogP contribution in [0.5, 0.6) is 0 Å². The van der Waals surface area contributed by atoms with Gasteiger partial charge in [-0.1, -0.05) is 5.57 Å². The molecular formula is C9H14O3. The fourth-order valence-corrected chi connectivity index (χ4v) is 0.643. The van der Waals surface area contributed by atoms with Crippen molar-refractivity contribution >= 4 is 11.8 Å². The molecule has 0 aliphatic rings. The van der Waals surface area contributed by atoms with Crippen LogP contribution >= 0.6 is 0 Å². The zero-order chi connectivity index (χ0) is 9.94. The van der Waals surface area contributed by atoms with Crippen LogP contribution in [0.1, 0.15) is 27.7 Å². The van der Waals surface area contributed by atoms with Gasteiger partial charge in [-0.15, -0.1) is 0 Å². The van der Waals surface area contributed by atoms with Gasteiger partial charge in [-0.2, -0.15) is 0 Å². The van der Waals surface area contributed by atoms with Crippen molar-refractivity contribution < 1.29 is 14.7 Å². The molecule has 3 nitrogen and oxygen atoms in total. The summed E-state index contributed by atoms with van der Waals surface area (Å²) in [6, 6.07) is 0. The number of Topliss-reactive ketones (excluding diaryl/α,β-unsaturated/α-hetero) is 1. The molecule has 0 amide bonds. The van der Waals surface area contributed by atoms with Crippen molar-refractivity contribution in [3.8, 4) is 0 Å². The maximum Gasteiger partial charge on any atom is 0.328 e. The minimum atomic E-state index is -1.01. The van der Waals surface area contributed by atoms with E-state index in [-0.39, 0.29) is 5.78 Å². The Bertz CT molecular complexity index is 236. The second-order valence-corrected chi connectivity index (χ2v) is 3.35. The van der Waals surface area contributed by atoms with Crippen molar-refractivity contribution in [1.29, 1.82) is 0 Å². The standard InChI is InChI=1S/C9H14O3/c1-6(5-8(11)12)9(3,4)7(2)10/h5H,1-4H3,(H,11,12)/b6-5-. The molecule has 1 N–H and O–H groups in total. The number of ketones is 1. The molecular weight excluding hydrogens is 156 g/mol. The lowest BCUT2D eigenvalue weighted by Gasteiger charge is -2.21. The number of carboxylic acid groups (broad SMARTS) is 1. The molecule has 68 valence electrons. The molecule has 0 saturated heterocycles. The summed E-state index contributed by atoms with van der Waals surface area (Å²) in [6.45, 7) is 6.53. The highest BCUT2D eigenvalue weighted by Gasteiger charge is 2.25. The number of allylic oxidation sites excluding steroid dienone is 1. The Balaban J connectivity index is 4.79.